The molecule has 1 N–H and O–H groups in total. The summed E-state index contributed by atoms with van der Waals surface area (Å²) in [5, 5.41) is 8.55. The minimum absolute atomic E-state index is 0. The van der Waals surface area contributed by atoms with Crippen molar-refractivity contribution in [2.45, 2.75) is 32.8 Å². The second-order valence-electron chi connectivity index (χ2n) is 1.64. The molecule has 1 atom stereocenters. The number of aliphatic hydroxyl groups excluding tert-OH is 1. The summed E-state index contributed by atoms with van der Waals surface area (Å²) in [6.45, 7) is 3.87. The van der Waals surface area contributed by atoms with Crippen LogP contribution in [0.3, 0.4) is 0 Å². The van der Waals surface area contributed by atoms with E-state index >= 15 is 0 Å². The molecule has 40 valence electrons. The van der Waals surface area contributed by atoms with Crippen LogP contribution in [0.25, 0.3) is 0 Å². The van der Waals surface area contributed by atoms with E-state index < -0.39 is 0 Å². The molecule has 0 heterocycles. The molecule has 0 bridgehead atoms. The van der Waals surface area contributed by atoms with Gasteiger partial charge in [-0.1, -0.05) is 13.3 Å². The summed E-state index contributed by atoms with van der Waals surface area (Å²) in [4.78, 5) is 0. The molecule has 0 fully saturated rings. The van der Waals surface area contributed by atoms with Crippen molar-refractivity contribution < 1.29 is 5.11 Å². The molecule has 0 amide bonds. The second-order valence-corrected chi connectivity index (χ2v) is 1.64. The molecule has 0 aliphatic carbocycles. The van der Waals surface area contributed by atoms with E-state index in [-0.39, 0.29) is 57.5 Å². The fourth-order valence-electron chi connectivity index (χ4n) is 0.418. The van der Waals surface area contributed by atoms with E-state index in [1.54, 1.807) is 0 Å². The van der Waals surface area contributed by atoms with Gasteiger partial charge in [0.25, 0.3) is 0 Å². The van der Waals surface area contributed by atoms with Crippen molar-refractivity contribution in [1.82, 2.24) is 0 Å². The van der Waals surface area contributed by atoms with Gasteiger partial charge in [-0.25, -0.2) is 0 Å². The van der Waals surface area contributed by atoms with Crippen LogP contribution in [0.5, 0.6) is 0 Å². The predicted molar refractivity (Wildman–Crippen MR) is 33.7 cm³/mol. The summed E-state index contributed by atoms with van der Waals surface area (Å²) in [5.41, 5.74) is 0. The summed E-state index contributed by atoms with van der Waals surface area (Å²) in [7, 11) is 0. The molecular weight excluding hydrogens is 115 g/mol. The Labute approximate surface area is 87.9 Å². The number of rotatable bonds is 2. The molecule has 1 nitrogen and oxygen atoms in total. The van der Waals surface area contributed by atoms with E-state index in [9.17, 15) is 0 Å². The van der Waals surface area contributed by atoms with Gasteiger partial charge in [-0.2, -0.15) is 0 Å². The maximum atomic E-state index is 8.55. The van der Waals surface area contributed by atoms with Gasteiger partial charge in [-0.05, 0) is 13.3 Å². The fraction of sp³-hybridized carbons (Fsp3) is 1.00. The first kappa shape index (κ1) is 11.4. The van der Waals surface area contributed by atoms with Gasteiger partial charge in [-0.3, -0.25) is 0 Å². The van der Waals surface area contributed by atoms with Crippen molar-refractivity contribution in [2.24, 2.45) is 0 Å². The Balaban J connectivity index is 0. The molecule has 7 heavy (non-hydrogen) atoms. The van der Waals surface area contributed by atoms with E-state index in [4.69, 9.17) is 5.11 Å². The van der Waals surface area contributed by atoms with Crippen LogP contribution in [0.1, 0.15) is 26.7 Å². The standard InChI is InChI=1S/C5H12O.K.H/c1-3-4-5(2)6;;/h5-6H,3-4H2,1-2H3;;/t5-;;/m0../s1. The Morgan fingerprint density at radius 1 is 1.57 bits per heavy atom. The van der Waals surface area contributed by atoms with Crippen molar-refractivity contribution in [2.75, 3.05) is 0 Å². The average molecular weight is 128 g/mol. The van der Waals surface area contributed by atoms with Crippen LogP contribution in [0.15, 0.2) is 0 Å². The van der Waals surface area contributed by atoms with Crippen LogP contribution < -0.4 is 0 Å². The summed E-state index contributed by atoms with van der Waals surface area (Å²) in [6, 6.07) is 0. The Kier molecular flexibility index (Phi) is 12.4. The van der Waals surface area contributed by atoms with Gasteiger partial charge in [0.2, 0.25) is 0 Å². The van der Waals surface area contributed by atoms with Crippen molar-refractivity contribution >= 4 is 51.4 Å². The third-order valence-electron chi connectivity index (χ3n) is 0.706. The van der Waals surface area contributed by atoms with Crippen LogP contribution >= 0.6 is 0 Å². The van der Waals surface area contributed by atoms with Crippen LogP contribution in [0.2, 0.25) is 0 Å². The van der Waals surface area contributed by atoms with E-state index in [2.05, 4.69) is 6.92 Å². The van der Waals surface area contributed by atoms with E-state index in [1.807, 2.05) is 6.92 Å². The van der Waals surface area contributed by atoms with Gasteiger partial charge < -0.3 is 5.11 Å². The summed E-state index contributed by atoms with van der Waals surface area (Å²) < 4.78 is 0. The van der Waals surface area contributed by atoms with Gasteiger partial charge in [0.15, 0.2) is 0 Å². The Morgan fingerprint density at radius 3 is 2.00 bits per heavy atom. The maximum absolute atomic E-state index is 8.55. The van der Waals surface area contributed by atoms with Crippen LogP contribution in [-0.4, -0.2) is 62.6 Å². The Bertz CT molecular complexity index is 29.3. The number of hydrogen-bond acceptors (Lipinski definition) is 1. The topological polar surface area (TPSA) is 20.2 Å². The Hall–Kier alpha value is 1.60. The van der Waals surface area contributed by atoms with Gasteiger partial charge in [0.1, 0.15) is 0 Å². The predicted octanol–water partition coefficient (Wildman–Crippen LogP) is 0.519. The van der Waals surface area contributed by atoms with Gasteiger partial charge in [0.05, 0.1) is 6.10 Å². The third kappa shape index (κ3) is 11.3. The normalized spacial score (nSPS) is 12.4. The average Bonchev–Trinajstić information content (AvgIpc) is 1.35. The van der Waals surface area contributed by atoms with Crippen molar-refractivity contribution in [3.63, 3.8) is 0 Å². The molecule has 0 rings (SSSR count). The number of hydrogen-bond donors (Lipinski definition) is 1. The fourth-order valence-corrected chi connectivity index (χ4v) is 0.418. The van der Waals surface area contributed by atoms with Gasteiger partial charge in [0, 0.05) is 0 Å². The molecule has 0 radical (unpaired) electrons. The summed E-state index contributed by atoms with van der Waals surface area (Å²) in [5.74, 6) is 0. The zero-order valence-corrected chi connectivity index (χ0v) is 4.44. The molecule has 0 aliphatic rings. The molecule has 0 aromatic heterocycles. The molecule has 0 saturated carbocycles. The minimum atomic E-state index is -0.102. The first-order chi connectivity index (χ1) is 2.77. The van der Waals surface area contributed by atoms with E-state index in [0.717, 1.165) is 12.8 Å². The van der Waals surface area contributed by atoms with E-state index in [1.165, 1.54) is 0 Å². The molecule has 0 aliphatic heterocycles. The molecule has 0 spiro atoms. The van der Waals surface area contributed by atoms with Gasteiger partial charge in [-0.15, -0.1) is 0 Å². The molecule has 0 saturated heterocycles. The zero-order valence-electron chi connectivity index (χ0n) is 4.44. The van der Waals surface area contributed by atoms with E-state index in [0.29, 0.717) is 0 Å². The molecule has 2 heteroatoms. The molecule has 0 aromatic rings. The van der Waals surface area contributed by atoms with Crippen molar-refractivity contribution in [3.8, 4) is 0 Å². The Morgan fingerprint density at radius 2 is 2.00 bits per heavy atom. The monoisotopic (exact) mass is 128 g/mol. The SMILES string of the molecule is CCC[C@H](C)O.[KH]. The van der Waals surface area contributed by atoms with Crippen molar-refractivity contribution in [3.05, 3.63) is 0 Å². The molecule has 0 aromatic carbocycles. The first-order valence-electron chi connectivity index (χ1n) is 2.45. The quantitative estimate of drug-likeness (QED) is 0.538. The van der Waals surface area contributed by atoms with Crippen LogP contribution in [0.4, 0.5) is 0 Å². The van der Waals surface area contributed by atoms with Crippen LogP contribution in [0, 0.1) is 0 Å². The summed E-state index contributed by atoms with van der Waals surface area (Å²) in [6.07, 6.45) is 1.91. The zero-order chi connectivity index (χ0) is 4.99. The first-order valence-corrected chi connectivity index (χ1v) is 2.45. The second kappa shape index (κ2) is 7.60. The van der Waals surface area contributed by atoms with Crippen LogP contribution in [-0.2, 0) is 0 Å². The molecule has 0 unspecified atom stereocenters. The third-order valence-corrected chi connectivity index (χ3v) is 0.706. The molecular formula is C5H13KO. The van der Waals surface area contributed by atoms with Crippen molar-refractivity contribution in [1.29, 1.82) is 0 Å². The van der Waals surface area contributed by atoms with Gasteiger partial charge >= 0.3 is 51.4 Å². The summed E-state index contributed by atoms with van der Waals surface area (Å²) >= 11 is 0. The number of aliphatic hydroxyl groups is 1.